The van der Waals surface area contributed by atoms with Crippen LogP contribution in [-0.2, 0) is 6.54 Å². The number of thioether (sulfide) groups is 1. The van der Waals surface area contributed by atoms with Gasteiger partial charge in [0.15, 0.2) is 0 Å². The maximum Gasteiger partial charge on any atom is 0.254 e. The van der Waals surface area contributed by atoms with E-state index in [1.54, 1.807) is 23.1 Å². The number of hydrogen-bond acceptors (Lipinski definition) is 4. The van der Waals surface area contributed by atoms with Crippen molar-refractivity contribution in [1.29, 1.82) is 0 Å². The molecule has 2 aliphatic rings. The molecule has 1 aliphatic carbocycles. The van der Waals surface area contributed by atoms with Crippen molar-refractivity contribution in [3.63, 3.8) is 0 Å². The molecule has 4 rings (SSSR count). The van der Waals surface area contributed by atoms with Crippen molar-refractivity contribution in [2.24, 2.45) is 5.41 Å². The van der Waals surface area contributed by atoms with Crippen molar-refractivity contribution >= 4 is 41.4 Å². The molecule has 1 N–H and O–H groups in total. The van der Waals surface area contributed by atoms with Crippen LogP contribution in [0.4, 0.5) is 0 Å². The van der Waals surface area contributed by atoms with Gasteiger partial charge in [0.25, 0.3) is 5.91 Å². The summed E-state index contributed by atoms with van der Waals surface area (Å²) in [5, 5.41) is 7.71. The van der Waals surface area contributed by atoms with Gasteiger partial charge in [0.1, 0.15) is 0 Å². The molecule has 1 unspecified atom stereocenters. The second-order valence-corrected chi connectivity index (χ2v) is 8.79. The molecule has 2 heterocycles. The molecular formula is C20H25ClN2OS2. The summed E-state index contributed by atoms with van der Waals surface area (Å²) < 4.78 is 0. The Balaban J connectivity index is 0.00000196. The van der Waals surface area contributed by atoms with Crippen LogP contribution in [0.2, 0.25) is 0 Å². The van der Waals surface area contributed by atoms with Crippen LogP contribution in [0, 0.1) is 5.41 Å². The molecule has 1 amide bonds. The second-order valence-electron chi connectivity index (χ2n) is 7.13. The van der Waals surface area contributed by atoms with Gasteiger partial charge >= 0.3 is 0 Å². The Hall–Kier alpha value is -1.01. The Bertz CT molecular complexity index is 727. The lowest BCUT2D eigenvalue weighted by Gasteiger charge is -2.29. The number of amides is 1. The van der Waals surface area contributed by atoms with Gasteiger partial charge in [-0.2, -0.15) is 11.3 Å². The third kappa shape index (κ3) is 3.96. The molecule has 140 valence electrons. The van der Waals surface area contributed by atoms with E-state index in [0.29, 0.717) is 11.5 Å². The SMILES string of the molecule is CSc1ccc(C(=O)N(Cc2ccsc2)C2CC23CCNCC3)cc1.Cl. The highest BCUT2D eigenvalue weighted by atomic mass is 35.5. The minimum Gasteiger partial charge on any atom is -0.331 e. The summed E-state index contributed by atoms with van der Waals surface area (Å²) in [6.07, 6.45) is 5.60. The zero-order chi connectivity index (χ0) is 17.3. The zero-order valence-electron chi connectivity index (χ0n) is 14.9. The van der Waals surface area contributed by atoms with Crippen LogP contribution < -0.4 is 5.32 Å². The van der Waals surface area contributed by atoms with Crippen molar-refractivity contribution in [3.8, 4) is 0 Å². The molecule has 3 nitrogen and oxygen atoms in total. The van der Waals surface area contributed by atoms with Crippen LogP contribution in [0.25, 0.3) is 0 Å². The van der Waals surface area contributed by atoms with Gasteiger partial charge in [-0.1, -0.05) is 0 Å². The van der Waals surface area contributed by atoms with Crippen molar-refractivity contribution in [2.75, 3.05) is 19.3 Å². The van der Waals surface area contributed by atoms with E-state index < -0.39 is 0 Å². The molecule has 2 aromatic rings. The standard InChI is InChI=1S/C20H24N2OS2.ClH/c1-24-17-4-2-16(3-5-17)19(23)22(13-15-6-11-25-14-15)18-12-20(18)7-9-21-10-8-20;/h2-6,11,14,18,21H,7-10,12-13H2,1H3;1H. The maximum absolute atomic E-state index is 13.3. The molecule has 0 radical (unpaired) electrons. The van der Waals surface area contributed by atoms with E-state index in [-0.39, 0.29) is 18.3 Å². The van der Waals surface area contributed by atoms with E-state index in [9.17, 15) is 4.79 Å². The third-order valence-corrected chi connectivity index (χ3v) is 7.13. The topological polar surface area (TPSA) is 32.3 Å². The summed E-state index contributed by atoms with van der Waals surface area (Å²) >= 11 is 3.41. The Morgan fingerprint density at radius 3 is 2.62 bits per heavy atom. The fourth-order valence-corrected chi connectivity index (χ4v) is 5.10. The zero-order valence-corrected chi connectivity index (χ0v) is 17.4. The molecule has 1 spiro atoms. The Labute approximate surface area is 170 Å². The van der Waals surface area contributed by atoms with E-state index >= 15 is 0 Å². The van der Waals surface area contributed by atoms with Gasteiger partial charge in [0.05, 0.1) is 0 Å². The first-order valence-electron chi connectivity index (χ1n) is 8.89. The molecule has 1 atom stereocenters. The first-order valence-corrected chi connectivity index (χ1v) is 11.1. The number of piperidine rings is 1. The summed E-state index contributed by atoms with van der Waals surface area (Å²) in [5.74, 6) is 0.180. The number of thiophene rings is 1. The van der Waals surface area contributed by atoms with E-state index in [4.69, 9.17) is 0 Å². The predicted octanol–water partition coefficient (Wildman–Crippen LogP) is 4.68. The molecule has 26 heavy (non-hydrogen) atoms. The molecule has 0 bridgehead atoms. The number of nitrogens with one attached hydrogen (secondary N) is 1. The smallest absolute Gasteiger partial charge is 0.254 e. The monoisotopic (exact) mass is 408 g/mol. The number of halogens is 1. The van der Waals surface area contributed by atoms with Crippen LogP contribution in [0.5, 0.6) is 0 Å². The Morgan fingerprint density at radius 2 is 2.00 bits per heavy atom. The molecule has 1 saturated heterocycles. The molecular weight excluding hydrogens is 384 g/mol. The van der Waals surface area contributed by atoms with Crippen molar-refractivity contribution in [1.82, 2.24) is 10.2 Å². The second kappa shape index (κ2) is 8.34. The Morgan fingerprint density at radius 1 is 1.27 bits per heavy atom. The molecule has 2 fully saturated rings. The van der Waals surface area contributed by atoms with Crippen LogP contribution in [-0.4, -0.2) is 36.2 Å². The number of nitrogens with zero attached hydrogens (tertiary/aromatic N) is 1. The highest BCUT2D eigenvalue weighted by Gasteiger charge is 2.57. The summed E-state index contributed by atoms with van der Waals surface area (Å²) in [6, 6.07) is 10.6. The van der Waals surface area contributed by atoms with E-state index in [1.165, 1.54) is 23.3 Å². The third-order valence-electron chi connectivity index (χ3n) is 5.65. The minimum atomic E-state index is 0. The van der Waals surface area contributed by atoms with Crippen LogP contribution in [0.3, 0.4) is 0 Å². The van der Waals surface area contributed by atoms with Gasteiger partial charge < -0.3 is 10.2 Å². The maximum atomic E-state index is 13.3. The van der Waals surface area contributed by atoms with Crippen LogP contribution in [0.1, 0.15) is 35.2 Å². The van der Waals surface area contributed by atoms with Gasteiger partial charge in [0, 0.05) is 23.0 Å². The molecule has 1 aromatic carbocycles. The Kier molecular flexibility index (Phi) is 6.33. The highest BCUT2D eigenvalue weighted by molar-refractivity contribution is 7.98. The van der Waals surface area contributed by atoms with Crippen LogP contribution >= 0.6 is 35.5 Å². The average molecular weight is 409 g/mol. The lowest BCUT2D eigenvalue weighted by molar-refractivity contribution is 0.0692. The van der Waals surface area contributed by atoms with Crippen LogP contribution in [0.15, 0.2) is 46.0 Å². The summed E-state index contributed by atoms with van der Waals surface area (Å²) in [4.78, 5) is 16.6. The number of benzene rings is 1. The minimum absolute atomic E-state index is 0. The largest absolute Gasteiger partial charge is 0.331 e. The first-order chi connectivity index (χ1) is 12.2. The van der Waals surface area contributed by atoms with Crippen molar-refractivity contribution in [3.05, 3.63) is 52.2 Å². The summed E-state index contributed by atoms with van der Waals surface area (Å²) in [7, 11) is 0. The lowest BCUT2D eigenvalue weighted by atomic mass is 9.93. The molecule has 1 aliphatic heterocycles. The van der Waals surface area contributed by atoms with E-state index in [1.807, 2.05) is 24.3 Å². The summed E-state index contributed by atoms with van der Waals surface area (Å²) in [6.45, 7) is 2.89. The normalized spacial score (nSPS) is 20.4. The van der Waals surface area contributed by atoms with Gasteiger partial charge in [-0.15, -0.1) is 24.2 Å². The average Bonchev–Trinajstić information content (AvgIpc) is 3.08. The summed E-state index contributed by atoms with van der Waals surface area (Å²) in [5.41, 5.74) is 2.41. The molecule has 1 aromatic heterocycles. The number of carbonyl (C=O) groups is 1. The number of carbonyl (C=O) groups excluding carboxylic acids is 1. The van der Waals surface area contributed by atoms with Gasteiger partial charge in [0.2, 0.25) is 0 Å². The van der Waals surface area contributed by atoms with E-state index in [2.05, 4.69) is 33.3 Å². The fraction of sp³-hybridized carbons (Fsp3) is 0.450. The lowest BCUT2D eigenvalue weighted by Crippen LogP contribution is -2.39. The van der Waals surface area contributed by atoms with Crippen molar-refractivity contribution in [2.45, 2.75) is 36.7 Å². The highest BCUT2D eigenvalue weighted by Crippen LogP contribution is 2.56. The number of hydrogen-bond donors (Lipinski definition) is 1. The molecule has 6 heteroatoms. The van der Waals surface area contributed by atoms with Crippen molar-refractivity contribution < 1.29 is 4.79 Å². The fourth-order valence-electron chi connectivity index (χ4n) is 4.03. The molecule has 1 saturated carbocycles. The predicted molar refractivity (Wildman–Crippen MR) is 113 cm³/mol. The van der Waals surface area contributed by atoms with Gasteiger partial charge in [-0.3, -0.25) is 4.79 Å². The van der Waals surface area contributed by atoms with E-state index in [0.717, 1.165) is 31.6 Å². The first kappa shape index (κ1) is 19.7. The number of rotatable bonds is 5. The van der Waals surface area contributed by atoms with Gasteiger partial charge in [-0.05, 0) is 90.7 Å². The quantitative estimate of drug-likeness (QED) is 0.729. The van der Waals surface area contributed by atoms with Gasteiger partial charge in [-0.25, -0.2) is 0 Å².